The topological polar surface area (TPSA) is 67.8 Å². The number of nitrogens with one attached hydrogen (secondary N) is 1. The summed E-state index contributed by atoms with van der Waals surface area (Å²) < 4.78 is 30.2. The van der Waals surface area contributed by atoms with Crippen LogP contribution in [0, 0.1) is 6.92 Å². The van der Waals surface area contributed by atoms with Crippen molar-refractivity contribution in [1.82, 2.24) is 4.83 Å². The van der Waals surface area contributed by atoms with Crippen LogP contribution in [0.4, 0.5) is 0 Å². The fourth-order valence-electron chi connectivity index (χ4n) is 2.29. The molecule has 0 aromatic heterocycles. The van der Waals surface area contributed by atoms with E-state index in [4.69, 9.17) is 4.74 Å². The molecule has 0 aliphatic heterocycles. The molecule has 0 spiro atoms. The zero-order valence-electron chi connectivity index (χ0n) is 15.9. The van der Waals surface area contributed by atoms with E-state index < -0.39 is 18.1 Å². The highest BCUT2D eigenvalue weighted by Gasteiger charge is 2.23. The molecule has 26 heavy (non-hydrogen) atoms. The molecule has 5 nitrogen and oxygen atoms in total. The molecule has 0 atom stereocenters. The maximum absolute atomic E-state index is 12.5. The van der Waals surface area contributed by atoms with Crippen molar-refractivity contribution in [1.29, 1.82) is 0 Å². The van der Waals surface area contributed by atoms with Gasteiger partial charge in [-0.1, -0.05) is 49.5 Å². The molecule has 0 saturated heterocycles. The largest absolute Gasteiger partial charge is 0.497 e. The van der Waals surface area contributed by atoms with Crippen LogP contribution in [0.3, 0.4) is 0 Å². The number of rotatable bonds is 7. The number of hydrogen-bond donors (Lipinski definition) is 1. The molecule has 0 aliphatic rings. The minimum Gasteiger partial charge on any atom is -0.497 e. The predicted octanol–water partition coefficient (Wildman–Crippen LogP) is 3.76. The quantitative estimate of drug-likeness (QED) is 0.445. The molecule has 0 fully saturated rings. The van der Waals surface area contributed by atoms with Crippen molar-refractivity contribution in [2.24, 2.45) is 5.10 Å². The van der Waals surface area contributed by atoms with Gasteiger partial charge in [0.05, 0.1) is 20.1 Å². The normalized spacial score (nSPS) is 12.7. The molecule has 0 radical (unpaired) electrons. The van der Waals surface area contributed by atoms with Gasteiger partial charge in [-0.2, -0.15) is 13.5 Å². The van der Waals surface area contributed by atoms with Gasteiger partial charge in [-0.25, -0.2) is 4.83 Å². The lowest BCUT2D eigenvalue weighted by molar-refractivity contribution is 0.414. The van der Waals surface area contributed by atoms with Gasteiger partial charge in [-0.3, -0.25) is 0 Å². The van der Waals surface area contributed by atoms with Crippen LogP contribution in [0.5, 0.6) is 5.75 Å². The minimum absolute atomic E-state index is 0.214. The number of benzene rings is 2. The summed E-state index contributed by atoms with van der Waals surface area (Å²) >= 11 is 0. The lowest BCUT2D eigenvalue weighted by Gasteiger charge is -2.20. The summed E-state index contributed by atoms with van der Waals surface area (Å²) in [7, 11) is -3.85. The molecule has 1 N–H and O–H groups in total. The van der Waals surface area contributed by atoms with Gasteiger partial charge in [0.15, 0.2) is 0 Å². The van der Waals surface area contributed by atoms with Gasteiger partial charge in [0.1, 0.15) is 5.75 Å². The number of ether oxygens (including phenoxy) is 1. The van der Waals surface area contributed by atoms with Crippen molar-refractivity contribution in [2.45, 2.75) is 37.9 Å². The summed E-state index contributed by atoms with van der Waals surface area (Å²) in [5.74, 6) is 0.792. The average molecular weight is 391 g/mol. The van der Waals surface area contributed by atoms with Crippen LogP contribution in [0.2, 0.25) is 19.6 Å². The number of hydrogen-bond acceptors (Lipinski definition) is 4. The second-order valence-electron chi connectivity index (χ2n) is 7.24. The lowest BCUT2D eigenvalue weighted by Crippen LogP contribution is -2.37. The molecule has 0 bridgehead atoms. The fourth-order valence-corrected chi connectivity index (χ4v) is 4.33. The van der Waals surface area contributed by atoms with Crippen molar-refractivity contribution in [3.05, 3.63) is 59.7 Å². The maximum Gasteiger partial charge on any atom is 0.276 e. The number of aryl methyl sites for hydroxylation is 1. The molecular weight excluding hydrogens is 364 g/mol. The molecule has 0 unspecified atom stereocenters. The van der Waals surface area contributed by atoms with Crippen LogP contribution >= 0.6 is 0 Å². The summed E-state index contributed by atoms with van der Waals surface area (Å²) in [6.45, 7) is 8.36. The Hall–Kier alpha value is -2.12. The molecule has 2 aromatic rings. The smallest absolute Gasteiger partial charge is 0.276 e. The van der Waals surface area contributed by atoms with E-state index in [1.54, 1.807) is 31.4 Å². The van der Waals surface area contributed by atoms with Crippen LogP contribution in [0.1, 0.15) is 11.1 Å². The maximum atomic E-state index is 12.5. The summed E-state index contributed by atoms with van der Waals surface area (Å²) in [6.07, 6.45) is 0.607. The van der Waals surface area contributed by atoms with E-state index >= 15 is 0 Å². The Morgan fingerprint density at radius 3 is 2.12 bits per heavy atom. The Morgan fingerprint density at radius 2 is 1.62 bits per heavy atom. The highest BCUT2D eigenvalue weighted by molar-refractivity contribution is 7.89. The summed E-state index contributed by atoms with van der Waals surface area (Å²) in [4.78, 5) is 2.63. The van der Waals surface area contributed by atoms with Crippen molar-refractivity contribution >= 4 is 23.4 Å². The predicted molar refractivity (Wildman–Crippen MR) is 109 cm³/mol. The van der Waals surface area contributed by atoms with Crippen LogP contribution < -0.4 is 9.57 Å². The SMILES string of the molecule is COc1ccc(C/C(=N/NS(=O)(=O)c2ccc(C)cc2)[Si](C)(C)C)cc1. The molecule has 0 heterocycles. The molecule has 7 heteroatoms. The first-order valence-electron chi connectivity index (χ1n) is 8.40. The lowest BCUT2D eigenvalue weighted by atomic mass is 10.1. The van der Waals surface area contributed by atoms with Crippen molar-refractivity contribution in [3.63, 3.8) is 0 Å². The molecule has 0 saturated carbocycles. The van der Waals surface area contributed by atoms with Crippen molar-refractivity contribution in [3.8, 4) is 5.75 Å². The molecule has 0 aliphatic carbocycles. The van der Waals surface area contributed by atoms with Crippen LogP contribution in [-0.4, -0.2) is 28.9 Å². The zero-order chi connectivity index (χ0) is 19.4. The van der Waals surface area contributed by atoms with Gasteiger partial charge >= 0.3 is 0 Å². The third-order valence-electron chi connectivity index (χ3n) is 4.03. The van der Waals surface area contributed by atoms with E-state index in [9.17, 15) is 8.42 Å². The van der Waals surface area contributed by atoms with E-state index in [1.165, 1.54) is 0 Å². The fraction of sp³-hybridized carbons (Fsp3) is 0.316. The van der Waals surface area contributed by atoms with E-state index in [0.717, 1.165) is 22.2 Å². The van der Waals surface area contributed by atoms with Crippen LogP contribution in [0.15, 0.2) is 58.5 Å². The summed E-state index contributed by atoms with van der Waals surface area (Å²) in [6, 6.07) is 14.5. The van der Waals surface area contributed by atoms with E-state index in [-0.39, 0.29) is 4.90 Å². The molecule has 140 valence electrons. The second kappa shape index (κ2) is 8.05. The number of hydrazone groups is 1. The Labute approximate surface area is 157 Å². The Bertz CT molecular complexity index is 868. The Balaban J connectivity index is 2.24. The third kappa shape index (κ3) is 5.44. The highest BCUT2D eigenvalue weighted by Crippen LogP contribution is 2.16. The van der Waals surface area contributed by atoms with Crippen LogP contribution in [-0.2, 0) is 16.4 Å². The van der Waals surface area contributed by atoms with E-state index in [2.05, 4.69) is 29.6 Å². The average Bonchev–Trinajstić information content (AvgIpc) is 2.58. The van der Waals surface area contributed by atoms with Gasteiger partial charge in [-0.15, -0.1) is 0 Å². The van der Waals surface area contributed by atoms with Gasteiger partial charge in [0, 0.05) is 11.8 Å². The van der Waals surface area contributed by atoms with Crippen LogP contribution in [0.25, 0.3) is 0 Å². The standard InChI is InChI=1S/C19H26N2O3SSi/c1-15-6-12-18(13-7-15)25(22,23)21-20-19(26(3,4)5)14-16-8-10-17(24-2)11-9-16/h6-13,21H,14H2,1-5H3/b20-19-. The molecule has 2 rings (SSSR count). The number of sulfonamides is 1. The first kappa shape index (κ1) is 20.2. The van der Waals surface area contributed by atoms with Gasteiger partial charge in [-0.05, 0) is 36.8 Å². The van der Waals surface area contributed by atoms with E-state index in [1.807, 2.05) is 31.2 Å². The highest BCUT2D eigenvalue weighted by atomic mass is 32.2. The first-order chi connectivity index (χ1) is 12.1. The number of nitrogens with zero attached hydrogens (tertiary/aromatic N) is 1. The Morgan fingerprint density at radius 1 is 1.04 bits per heavy atom. The molecule has 0 amide bonds. The first-order valence-corrected chi connectivity index (χ1v) is 13.4. The molecular formula is C19H26N2O3SSi. The van der Waals surface area contributed by atoms with Gasteiger partial charge in [0.25, 0.3) is 10.0 Å². The van der Waals surface area contributed by atoms with Gasteiger partial charge in [0.2, 0.25) is 0 Å². The van der Waals surface area contributed by atoms with Gasteiger partial charge < -0.3 is 4.74 Å². The number of methoxy groups -OCH3 is 1. The summed E-state index contributed by atoms with van der Waals surface area (Å²) in [5.41, 5.74) is 2.08. The zero-order valence-corrected chi connectivity index (χ0v) is 17.7. The third-order valence-corrected chi connectivity index (χ3v) is 7.27. The second-order valence-corrected chi connectivity index (χ2v) is 14.0. The van der Waals surface area contributed by atoms with Crippen molar-refractivity contribution in [2.75, 3.05) is 7.11 Å². The summed E-state index contributed by atoms with van der Waals surface area (Å²) in [5, 5.41) is 5.20. The Kier molecular flexibility index (Phi) is 6.25. The molecule has 2 aromatic carbocycles. The van der Waals surface area contributed by atoms with E-state index in [0.29, 0.717) is 6.42 Å². The van der Waals surface area contributed by atoms with Crippen molar-refractivity contribution < 1.29 is 13.2 Å². The minimum atomic E-state index is -3.67. The monoisotopic (exact) mass is 390 g/mol.